The van der Waals surface area contributed by atoms with Crippen LogP contribution in [0.25, 0.3) is 15.7 Å². The number of aromatic nitrogens is 2. The Bertz CT molecular complexity index is 1180. The van der Waals surface area contributed by atoms with Crippen molar-refractivity contribution in [2.24, 2.45) is 0 Å². The third kappa shape index (κ3) is 3.36. The van der Waals surface area contributed by atoms with E-state index in [1.807, 2.05) is 78.5 Å². The van der Waals surface area contributed by atoms with E-state index in [4.69, 9.17) is 6.57 Å². The van der Waals surface area contributed by atoms with E-state index in [1.165, 1.54) is 0 Å². The number of benzene rings is 2. The van der Waals surface area contributed by atoms with Gasteiger partial charge in [-0.3, -0.25) is 9.78 Å². The molecule has 0 unspecified atom stereocenters. The van der Waals surface area contributed by atoms with Crippen molar-refractivity contribution in [3.05, 3.63) is 107 Å². The van der Waals surface area contributed by atoms with E-state index in [9.17, 15) is 4.79 Å². The molecule has 27 heavy (non-hydrogen) atoms. The van der Waals surface area contributed by atoms with Gasteiger partial charge in [-0.1, -0.05) is 35.9 Å². The van der Waals surface area contributed by atoms with Crippen LogP contribution in [0.2, 0.25) is 0 Å². The third-order valence-electron chi connectivity index (χ3n) is 4.58. The number of ketones is 1. The summed E-state index contributed by atoms with van der Waals surface area (Å²) in [6.45, 7) is 9.71. The molecule has 0 saturated heterocycles. The molecule has 0 fully saturated rings. The van der Waals surface area contributed by atoms with Gasteiger partial charge >= 0.3 is 0 Å². The molecule has 0 N–H and O–H groups in total. The molecule has 0 aliphatic heterocycles. The summed E-state index contributed by atoms with van der Waals surface area (Å²) in [5.74, 6) is 0.00374. The highest BCUT2D eigenvalue weighted by Gasteiger charge is 2.13. The Kier molecular flexibility index (Phi) is 4.27. The minimum absolute atomic E-state index is 0.00374. The van der Waals surface area contributed by atoms with Crippen molar-refractivity contribution in [2.75, 3.05) is 0 Å². The van der Waals surface area contributed by atoms with E-state index in [-0.39, 0.29) is 5.78 Å². The van der Waals surface area contributed by atoms with Crippen LogP contribution < -0.4 is 0 Å². The second-order valence-corrected chi connectivity index (χ2v) is 6.55. The van der Waals surface area contributed by atoms with Crippen molar-refractivity contribution < 1.29 is 4.79 Å². The number of carbonyl (C=O) groups excluding carboxylic acids is 1. The number of carbonyl (C=O) groups is 1. The predicted molar refractivity (Wildman–Crippen MR) is 106 cm³/mol. The van der Waals surface area contributed by atoms with Crippen molar-refractivity contribution in [1.29, 1.82) is 0 Å². The van der Waals surface area contributed by atoms with Crippen molar-refractivity contribution in [3.8, 4) is 0 Å². The Morgan fingerprint density at radius 2 is 1.93 bits per heavy atom. The van der Waals surface area contributed by atoms with Crippen molar-refractivity contribution in [3.63, 3.8) is 0 Å². The largest absolute Gasteiger partial charge is 0.340 e. The summed E-state index contributed by atoms with van der Waals surface area (Å²) in [5, 5.41) is 0.930. The topological polar surface area (TPSA) is 39.2 Å². The van der Waals surface area contributed by atoms with Crippen molar-refractivity contribution >= 4 is 22.4 Å². The maximum atomic E-state index is 12.9. The van der Waals surface area contributed by atoms with Gasteiger partial charge in [0.2, 0.25) is 5.78 Å². The van der Waals surface area contributed by atoms with Gasteiger partial charge in [0.25, 0.3) is 0 Å². The molecule has 0 spiro atoms. The average Bonchev–Trinajstić information content (AvgIpc) is 3.15. The molecule has 0 radical (unpaired) electrons. The van der Waals surface area contributed by atoms with Crippen LogP contribution in [-0.2, 0) is 6.54 Å². The van der Waals surface area contributed by atoms with Crippen LogP contribution >= 0.6 is 0 Å². The Labute approximate surface area is 157 Å². The first kappa shape index (κ1) is 16.7. The molecule has 0 amide bonds. The van der Waals surface area contributed by atoms with Gasteiger partial charge in [0.05, 0.1) is 17.8 Å². The highest BCUT2D eigenvalue weighted by atomic mass is 16.1. The van der Waals surface area contributed by atoms with Crippen molar-refractivity contribution in [1.82, 2.24) is 9.55 Å². The molecule has 130 valence electrons. The van der Waals surface area contributed by atoms with Crippen LogP contribution in [0.15, 0.2) is 73.1 Å². The zero-order valence-corrected chi connectivity index (χ0v) is 14.9. The summed E-state index contributed by atoms with van der Waals surface area (Å²) >= 11 is 0. The zero-order chi connectivity index (χ0) is 18.8. The Morgan fingerprint density at radius 1 is 1.11 bits per heavy atom. The first-order valence-corrected chi connectivity index (χ1v) is 8.67. The SMILES string of the molecule is [C-]#[N+]c1ccc2ncc(Cn3cccc3C(=O)c3ccc(C)cc3)cc2c1. The van der Waals surface area contributed by atoms with Gasteiger partial charge in [-0.05, 0) is 48.2 Å². The normalized spacial score (nSPS) is 10.7. The van der Waals surface area contributed by atoms with E-state index >= 15 is 0 Å². The van der Waals surface area contributed by atoms with Gasteiger partial charge in [-0.15, -0.1) is 0 Å². The third-order valence-corrected chi connectivity index (χ3v) is 4.58. The van der Waals surface area contributed by atoms with Crippen molar-refractivity contribution in [2.45, 2.75) is 13.5 Å². The first-order chi connectivity index (χ1) is 13.1. The van der Waals surface area contributed by atoms with E-state index in [0.717, 1.165) is 22.0 Å². The molecule has 2 aromatic heterocycles. The molecule has 4 rings (SSSR count). The van der Waals surface area contributed by atoms with Gasteiger partial charge in [0.15, 0.2) is 5.69 Å². The van der Waals surface area contributed by atoms with Gasteiger partial charge < -0.3 is 4.57 Å². The maximum Gasteiger partial charge on any atom is 0.209 e. The van der Waals surface area contributed by atoms with E-state index in [2.05, 4.69) is 9.83 Å². The van der Waals surface area contributed by atoms with Gasteiger partial charge in [-0.25, -0.2) is 4.85 Å². The number of pyridine rings is 1. The van der Waals surface area contributed by atoms with Crippen LogP contribution in [-0.4, -0.2) is 15.3 Å². The van der Waals surface area contributed by atoms with E-state index in [0.29, 0.717) is 23.5 Å². The fourth-order valence-electron chi connectivity index (χ4n) is 3.13. The van der Waals surface area contributed by atoms with Gasteiger partial charge in [-0.2, -0.15) is 0 Å². The lowest BCUT2D eigenvalue weighted by Crippen LogP contribution is -2.10. The van der Waals surface area contributed by atoms with Crippen LogP contribution in [0.5, 0.6) is 0 Å². The number of fused-ring (bicyclic) bond motifs is 1. The number of hydrogen-bond acceptors (Lipinski definition) is 2. The Balaban J connectivity index is 1.65. The standard InChI is InChI=1S/C23H17N3O/c1-16-5-7-18(8-6-16)23(27)22-4-3-11-26(22)15-17-12-19-13-20(24-2)9-10-21(19)25-14-17/h3-14H,15H2,1H3. The maximum absolute atomic E-state index is 12.9. The monoisotopic (exact) mass is 351 g/mol. The first-order valence-electron chi connectivity index (χ1n) is 8.67. The molecular weight excluding hydrogens is 334 g/mol. The minimum atomic E-state index is 0.00374. The number of hydrogen-bond donors (Lipinski definition) is 0. The molecule has 0 saturated carbocycles. The average molecular weight is 351 g/mol. The smallest absolute Gasteiger partial charge is 0.209 e. The molecule has 0 bridgehead atoms. The van der Waals surface area contributed by atoms with Crippen LogP contribution in [0.4, 0.5) is 5.69 Å². The minimum Gasteiger partial charge on any atom is -0.340 e. The lowest BCUT2D eigenvalue weighted by Gasteiger charge is -2.10. The number of aryl methyl sites for hydroxylation is 1. The Hall–Kier alpha value is -3.71. The highest BCUT2D eigenvalue weighted by molar-refractivity contribution is 6.08. The molecule has 4 nitrogen and oxygen atoms in total. The van der Waals surface area contributed by atoms with Crippen LogP contribution in [0.1, 0.15) is 27.2 Å². The molecule has 0 aliphatic carbocycles. The Morgan fingerprint density at radius 3 is 2.70 bits per heavy atom. The number of rotatable bonds is 4. The molecule has 2 heterocycles. The summed E-state index contributed by atoms with van der Waals surface area (Å²) in [6.07, 6.45) is 3.72. The zero-order valence-electron chi connectivity index (χ0n) is 14.9. The summed E-state index contributed by atoms with van der Waals surface area (Å²) in [7, 11) is 0. The summed E-state index contributed by atoms with van der Waals surface area (Å²) in [5.41, 5.74) is 4.89. The second kappa shape index (κ2) is 6.89. The summed E-state index contributed by atoms with van der Waals surface area (Å²) in [6, 6.07) is 18.8. The molecule has 2 aromatic carbocycles. The van der Waals surface area contributed by atoms with Crippen LogP contribution in [0, 0.1) is 13.5 Å². The van der Waals surface area contributed by atoms with E-state index < -0.39 is 0 Å². The highest BCUT2D eigenvalue weighted by Crippen LogP contribution is 2.21. The lowest BCUT2D eigenvalue weighted by atomic mass is 10.1. The molecule has 0 aliphatic rings. The molecular formula is C23H17N3O. The lowest BCUT2D eigenvalue weighted by molar-refractivity contribution is 0.103. The fourth-order valence-corrected chi connectivity index (χ4v) is 3.13. The fraction of sp³-hybridized carbons (Fsp3) is 0.0870. The predicted octanol–water partition coefficient (Wildman–Crippen LogP) is 5.17. The number of nitrogens with zero attached hydrogens (tertiary/aromatic N) is 3. The quantitative estimate of drug-likeness (QED) is 0.376. The van der Waals surface area contributed by atoms with E-state index in [1.54, 1.807) is 6.07 Å². The molecule has 0 atom stereocenters. The summed E-state index contributed by atoms with van der Waals surface area (Å²) < 4.78 is 1.93. The van der Waals surface area contributed by atoms with Crippen LogP contribution in [0.3, 0.4) is 0 Å². The van der Waals surface area contributed by atoms with Gasteiger partial charge in [0, 0.05) is 24.5 Å². The summed E-state index contributed by atoms with van der Waals surface area (Å²) in [4.78, 5) is 20.8. The van der Waals surface area contributed by atoms with Gasteiger partial charge in [0.1, 0.15) is 0 Å². The molecule has 4 heteroatoms. The second-order valence-electron chi connectivity index (χ2n) is 6.55. The molecule has 4 aromatic rings.